The minimum Gasteiger partial charge on any atom is -0.454 e. The molecule has 3 aromatic rings. The summed E-state index contributed by atoms with van der Waals surface area (Å²) in [4.78, 5) is 4.51. The molecule has 0 radical (unpaired) electrons. The maximum Gasteiger partial charge on any atom is 0.231 e. The highest BCUT2D eigenvalue weighted by molar-refractivity contribution is 5.45. The number of fused-ring (bicyclic) bond motifs is 1. The Morgan fingerprint density at radius 3 is 2.85 bits per heavy atom. The number of nitrogens with zero attached hydrogens (tertiary/aromatic N) is 2. The zero-order valence-electron chi connectivity index (χ0n) is 14.9. The molecule has 0 saturated carbocycles. The summed E-state index contributed by atoms with van der Waals surface area (Å²) in [5.74, 6) is 2.69. The van der Waals surface area contributed by atoms with Gasteiger partial charge in [-0.1, -0.05) is 36.4 Å². The lowest BCUT2D eigenvalue weighted by Gasteiger charge is -2.15. The number of ether oxygens (including phenoxy) is 2. The van der Waals surface area contributed by atoms with Gasteiger partial charge in [0, 0.05) is 25.0 Å². The van der Waals surface area contributed by atoms with Crippen molar-refractivity contribution in [2.75, 3.05) is 6.79 Å². The lowest BCUT2D eigenvalue weighted by Crippen LogP contribution is -2.21. The topological polar surface area (TPSA) is 48.3 Å². The number of rotatable bonds is 7. The average molecular weight is 349 g/mol. The average Bonchev–Trinajstić information content (AvgIpc) is 3.33. The van der Waals surface area contributed by atoms with Crippen LogP contribution in [0.25, 0.3) is 0 Å². The van der Waals surface area contributed by atoms with Gasteiger partial charge in [0.15, 0.2) is 11.5 Å². The van der Waals surface area contributed by atoms with Crippen molar-refractivity contribution in [3.63, 3.8) is 0 Å². The fraction of sp³-hybridized carbons (Fsp3) is 0.286. The van der Waals surface area contributed by atoms with Gasteiger partial charge in [-0.15, -0.1) is 0 Å². The van der Waals surface area contributed by atoms with E-state index in [1.165, 1.54) is 11.1 Å². The first-order valence-corrected chi connectivity index (χ1v) is 8.96. The van der Waals surface area contributed by atoms with Gasteiger partial charge in [0.25, 0.3) is 0 Å². The summed E-state index contributed by atoms with van der Waals surface area (Å²) in [6.45, 7) is 4.10. The minimum atomic E-state index is 0.198. The number of nitrogens with one attached hydrogen (secondary N) is 1. The lowest BCUT2D eigenvalue weighted by atomic mass is 10.1. The van der Waals surface area contributed by atoms with E-state index in [0.29, 0.717) is 6.79 Å². The molecular formula is C21H23N3O2. The zero-order valence-corrected chi connectivity index (χ0v) is 14.9. The third-order valence-corrected chi connectivity index (χ3v) is 4.75. The van der Waals surface area contributed by atoms with Crippen LogP contribution in [0.15, 0.2) is 60.9 Å². The monoisotopic (exact) mass is 349 g/mol. The van der Waals surface area contributed by atoms with E-state index in [9.17, 15) is 0 Å². The molecule has 0 bridgehead atoms. The molecule has 1 aromatic heterocycles. The van der Waals surface area contributed by atoms with Crippen LogP contribution < -0.4 is 14.8 Å². The van der Waals surface area contributed by atoms with Crippen molar-refractivity contribution in [2.24, 2.45) is 0 Å². The minimum absolute atomic E-state index is 0.198. The van der Waals surface area contributed by atoms with E-state index in [0.717, 1.165) is 36.8 Å². The van der Waals surface area contributed by atoms with E-state index < -0.39 is 0 Å². The highest BCUT2D eigenvalue weighted by Crippen LogP contribution is 2.34. The van der Waals surface area contributed by atoms with Crippen molar-refractivity contribution >= 4 is 0 Å². The molecular weight excluding hydrogens is 326 g/mol. The van der Waals surface area contributed by atoms with Crippen LogP contribution in [0.4, 0.5) is 0 Å². The van der Waals surface area contributed by atoms with Crippen molar-refractivity contribution in [2.45, 2.75) is 32.5 Å². The van der Waals surface area contributed by atoms with Crippen LogP contribution in [0.3, 0.4) is 0 Å². The summed E-state index contributed by atoms with van der Waals surface area (Å²) in [6, 6.07) is 16.8. The lowest BCUT2D eigenvalue weighted by molar-refractivity contribution is 0.174. The van der Waals surface area contributed by atoms with Crippen LogP contribution in [0, 0.1) is 0 Å². The van der Waals surface area contributed by atoms with Crippen LogP contribution in [0.1, 0.15) is 29.9 Å². The van der Waals surface area contributed by atoms with Gasteiger partial charge in [-0.2, -0.15) is 0 Å². The van der Waals surface area contributed by atoms with Gasteiger partial charge < -0.3 is 19.4 Å². The van der Waals surface area contributed by atoms with E-state index >= 15 is 0 Å². The highest BCUT2D eigenvalue weighted by atomic mass is 16.7. The second-order valence-electron chi connectivity index (χ2n) is 6.49. The number of hydrogen-bond donors (Lipinski definition) is 1. The van der Waals surface area contributed by atoms with E-state index in [2.05, 4.69) is 52.1 Å². The highest BCUT2D eigenvalue weighted by Gasteiger charge is 2.16. The molecule has 1 aliphatic rings. The van der Waals surface area contributed by atoms with Crippen molar-refractivity contribution in [3.8, 4) is 11.5 Å². The molecule has 0 saturated heterocycles. The Balaban J connectivity index is 1.35. The van der Waals surface area contributed by atoms with Gasteiger partial charge in [0.05, 0.1) is 6.54 Å². The van der Waals surface area contributed by atoms with E-state index in [-0.39, 0.29) is 6.04 Å². The van der Waals surface area contributed by atoms with Gasteiger partial charge in [-0.05, 0) is 36.6 Å². The smallest absolute Gasteiger partial charge is 0.231 e. The maximum absolute atomic E-state index is 5.47. The molecule has 2 heterocycles. The van der Waals surface area contributed by atoms with E-state index in [1.807, 2.05) is 30.6 Å². The van der Waals surface area contributed by atoms with Crippen LogP contribution in [0.5, 0.6) is 11.5 Å². The number of aromatic nitrogens is 2. The molecule has 134 valence electrons. The summed E-state index contributed by atoms with van der Waals surface area (Å²) >= 11 is 0. The first kappa shape index (κ1) is 16.7. The molecule has 0 spiro atoms. The molecule has 4 rings (SSSR count). The van der Waals surface area contributed by atoms with Gasteiger partial charge in [0.1, 0.15) is 5.82 Å². The SMILES string of the molecule is CC(NCc1nccn1CCc1ccccc1)c1ccc2c(c1)OCO2. The third kappa shape index (κ3) is 3.73. The largest absolute Gasteiger partial charge is 0.454 e. The molecule has 0 amide bonds. The van der Waals surface area contributed by atoms with E-state index in [1.54, 1.807) is 0 Å². The molecule has 1 N–H and O–H groups in total. The van der Waals surface area contributed by atoms with Crippen LogP contribution in [0.2, 0.25) is 0 Å². The Morgan fingerprint density at radius 2 is 1.96 bits per heavy atom. The molecule has 5 heteroatoms. The Kier molecular flexibility index (Phi) is 4.88. The predicted octanol–water partition coefficient (Wildman–Crippen LogP) is 3.71. The van der Waals surface area contributed by atoms with Gasteiger partial charge in [-0.3, -0.25) is 0 Å². The standard InChI is InChI=1S/C21H23N3O2/c1-16(18-7-8-19-20(13-18)26-15-25-19)23-14-21-22-10-12-24(21)11-9-17-5-3-2-4-6-17/h2-8,10,12-13,16,23H,9,11,14-15H2,1H3. The normalized spacial score (nSPS) is 13.7. The van der Waals surface area contributed by atoms with Gasteiger partial charge in [0.2, 0.25) is 6.79 Å². The fourth-order valence-electron chi connectivity index (χ4n) is 3.15. The van der Waals surface area contributed by atoms with Crippen LogP contribution >= 0.6 is 0 Å². The van der Waals surface area contributed by atoms with Gasteiger partial charge >= 0.3 is 0 Å². The van der Waals surface area contributed by atoms with Crippen molar-refractivity contribution in [1.29, 1.82) is 0 Å². The molecule has 1 aliphatic heterocycles. The number of hydrogen-bond acceptors (Lipinski definition) is 4. The quantitative estimate of drug-likeness (QED) is 0.706. The Labute approximate surface area is 153 Å². The summed E-state index contributed by atoms with van der Waals surface area (Å²) in [6.07, 6.45) is 4.92. The number of aryl methyl sites for hydroxylation is 2. The summed E-state index contributed by atoms with van der Waals surface area (Å²) in [5.41, 5.74) is 2.52. The summed E-state index contributed by atoms with van der Waals surface area (Å²) in [5, 5.41) is 3.55. The molecule has 1 unspecified atom stereocenters. The molecule has 26 heavy (non-hydrogen) atoms. The molecule has 0 aliphatic carbocycles. The van der Waals surface area contributed by atoms with Crippen LogP contribution in [-0.2, 0) is 19.5 Å². The molecule has 5 nitrogen and oxygen atoms in total. The maximum atomic E-state index is 5.47. The zero-order chi connectivity index (χ0) is 17.8. The number of benzene rings is 2. The van der Waals surface area contributed by atoms with Crippen molar-refractivity contribution in [3.05, 3.63) is 77.9 Å². The van der Waals surface area contributed by atoms with Crippen LogP contribution in [-0.4, -0.2) is 16.3 Å². The second-order valence-corrected chi connectivity index (χ2v) is 6.49. The Hall–Kier alpha value is -2.79. The molecule has 0 fully saturated rings. The predicted molar refractivity (Wildman–Crippen MR) is 100 cm³/mol. The first-order valence-electron chi connectivity index (χ1n) is 8.96. The van der Waals surface area contributed by atoms with E-state index in [4.69, 9.17) is 9.47 Å². The Bertz CT molecular complexity index is 861. The fourth-order valence-corrected chi connectivity index (χ4v) is 3.15. The molecule has 1 atom stereocenters. The second kappa shape index (κ2) is 7.62. The van der Waals surface area contributed by atoms with Crippen molar-refractivity contribution in [1.82, 2.24) is 14.9 Å². The van der Waals surface area contributed by atoms with Crippen molar-refractivity contribution < 1.29 is 9.47 Å². The Morgan fingerprint density at radius 1 is 1.12 bits per heavy atom. The molecule has 2 aromatic carbocycles. The van der Waals surface area contributed by atoms with Gasteiger partial charge in [-0.25, -0.2) is 4.98 Å². The number of imidazole rings is 1. The summed E-state index contributed by atoms with van der Waals surface area (Å²) < 4.78 is 13.1. The summed E-state index contributed by atoms with van der Waals surface area (Å²) in [7, 11) is 0. The first-order chi connectivity index (χ1) is 12.8. The third-order valence-electron chi connectivity index (χ3n) is 4.75.